The standard InChI is InChI=1S/C60H40N2S/c1-2-11-41(12-3-1)42-21-23-43(24-22-42)44-25-33-48(34-26-44)61(50-39-31-47(32-40-50)52-16-10-17-56-55-15-6-9-20-59(55)63-60(52)56)49-35-27-45(28-36-49)46-29-37-51(38-30-46)62-57-18-7-4-13-53(57)54-14-5-8-19-58(54)62/h1-40H. The highest BCUT2D eigenvalue weighted by Gasteiger charge is 2.16. The molecule has 0 unspecified atom stereocenters. The molecule has 10 aromatic carbocycles. The summed E-state index contributed by atoms with van der Waals surface area (Å²) in [6, 6.07) is 88.2. The van der Waals surface area contributed by atoms with Crippen molar-refractivity contribution in [1.29, 1.82) is 0 Å². The molecule has 0 aliphatic rings. The summed E-state index contributed by atoms with van der Waals surface area (Å²) in [5, 5.41) is 5.18. The number of aromatic nitrogens is 1. The molecule has 12 rings (SSSR count). The first kappa shape index (κ1) is 36.8. The molecule has 296 valence electrons. The first-order valence-corrected chi connectivity index (χ1v) is 22.3. The van der Waals surface area contributed by atoms with Crippen LogP contribution in [0.5, 0.6) is 0 Å². The van der Waals surface area contributed by atoms with Crippen molar-refractivity contribution < 1.29 is 0 Å². The normalized spacial score (nSPS) is 11.5. The van der Waals surface area contributed by atoms with Crippen LogP contribution >= 0.6 is 11.3 Å². The molecule has 0 N–H and O–H groups in total. The van der Waals surface area contributed by atoms with Gasteiger partial charge in [-0.05, 0) is 111 Å². The minimum absolute atomic E-state index is 1.10. The zero-order valence-electron chi connectivity index (χ0n) is 34.4. The molecule has 2 aromatic heterocycles. The second-order valence-electron chi connectivity index (χ2n) is 16.1. The number of hydrogen-bond acceptors (Lipinski definition) is 2. The van der Waals surface area contributed by atoms with Crippen molar-refractivity contribution in [2.45, 2.75) is 0 Å². The van der Waals surface area contributed by atoms with Crippen molar-refractivity contribution >= 4 is 70.4 Å². The smallest absolute Gasteiger partial charge is 0.0541 e. The Kier molecular flexibility index (Phi) is 9.06. The highest BCUT2D eigenvalue weighted by Crippen LogP contribution is 2.42. The van der Waals surface area contributed by atoms with E-state index in [0.717, 1.165) is 22.7 Å². The third-order valence-electron chi connectivity index (χ3n) is 12.5. The summed E-state index contributed by atoms with van der Waals surface area (Å²) < 4.78 is 5.02. The van der Waals surface area contributed by atoms with Gasteiger partial charge in [0.2, 0.25) is 0 Å². The highest BCUT2D eigenvalue weighted by molar-refractivity contribution is 7.26. The number of hydrogen-bond donors (Lipinski definition) is 0. The second kappa shape index (κ2) is 15.5. The third-order valence-corrected chi connectivity index (χ3v) is 13.7. The lowest BCUT2D eigenvalue weighted by atomic mass is 9.99. The minimum atomic E-state index is 1.10. The fourth-order valence-corrected chi connectivity index (χ4v) is 10.5. The second-order valence-corrected chi connectivity index (χ2v) is 17.2. The molecule has 2 nitrogen and oxygen atoms in total. The van der Waals surface area contributed by atoms with Crippen molar-refractivity contribution in [3.05, 3.63) is 243 Å². The van der Waals surface area contributed by atoms with Gasteiger partial charge in [0.25, 0.3) is 0 Å². The van der Waals surface area contributed by atoms with Crippen LogP contribution in [0, 0.1) is 0 Å². The number of thiophene rings is 1. The average molecular weight is 821 g/mol. The van der Waals surface area contributed by atoms with Gasteiger partial charge in [-0.15, -0.1) is 11.3 Å². The van der Waals surface area contributed by atoms with Crippen LogP contribution in [-0.2, 0) is 0 Å². The Morgan fingerprint density at radius 2 is 0.683 bits per heavy atom. The number of anilines is 3. The Morgan fingerprint density at radius 1 is 0.286 bits per heavy atom. The van der Waals surface area contributed by atoms with Gasteiger partial charge in [-0.25, -0.2) is 0 Å². The average Bonchev–Trinajstić information content (AvgIpc) is 3.91. The Labute approximate surface area is 370 Å². The summed E-state index contributed by atoms with van der Waals surface area (Å²) >= 11 is 1.87. The fourth-order valence-electron chi connectivity index (χ4n) is 9.31. The van der Waals surface area contributed by atoms with Crippen molar-refractivity contribution in [3.63, 3.8) is 0 Å². The van der Waals surface area contributed by atoms with E-state index in [1.165, 1.54) is 86.5 Å². The maximum atomic E-state index is 2.37. The van der Waals surface area contributed by atoms with Crippen LogP contribution in [0.3, 0.4) is 0 Å². The van der Waals surface area contributed by atoms with E-state index in [2.05, 4.69) is 252 Å². The zero-order valence-corrected chi connectivity index (χ0v) is 35.2. The van der Waals surface area contributed by atoms with Gasteiger partial charge in [-0.1, -0.05) is 176 Å². The van der Waals surface area contributed by atoms with Crippen LogP contribution in [-0.4, -0.2) is 4.57 Å². The molecule has 12 aromatic rings. The lowest BCUT2D eigenvalue weighted by Crippen LogP contribution is -2.09. The number of fused-ring (bicyclic) bond motifs is 6. The van der Waals surface area contributed by atoms with Crippen molar-refractivity contribution in [2.24, 2.45) is 0 Å². The van der Waals surface area contributed by atoms with Crippen LogP contribution < -0.4 is 4.90 Å². The van der Waals surface area contributed by atoms with Gasteiger partial charge in [0, 0.05) is 53.7 Å². The van der Waals surface area contributed by atoms with Crippen molar-refractivity contribution in [3.8, 4) is 50.2 Å². The largest absolute Gasteiger partial charge is 0.311 e. The van der Waals surface area contributed by atoms with E-state index in [0.29, 0.717) is 0 Å². The molecule has 0 spiro atoms. The summed E-state index contributed by atoms with van der Waals surface area (Å²) in [7, 11) is 0. The lowest BCUT2D eigenvalue weighted by Gasteiger charge is -2.26. The van der Waals surface area contributed by atoms with Gasteiger partial charge in [-0.3, -0.25) is 0 Å². The molecule has 0 aliphatic heterocycles. The van der Waals surface area contributed by atoms with E-state index < -0.39 is 0 Å². The fraction of sp³-hybridized carbons (Fsp3) is 0. The van der Waals surface area contributed by atoms with Gasteiger partial charge < -0.3 is 9.47 Å². The molecular formula is C60H40N2S. The van der Waals surface area contributed by atoms with Crippen LogP contribution in [0.25, 0.3) is 92.2 Å². The molecule has 0 aliphatic carbocycles. The highest BCUT2D eigenvalue weighted by atomic mass is 32.1. The first-order valence-electron chi connectivity index (χ1n) is 21.5. The molecular weight excluding hydrogens is 781 g/mol. The van der Waals surface area contributed by atoms with Crippen molar-refractivity contribution in [1.82, 2.24) is 4.57 Å². The third kappa shape index (κ3) is 6.58. The molecule has 0 saturated heterocycles. The monoisotopic (exact) mass is 820 g/mol. The van der Waals surface area contributed by atoms with Gasteiger partial charge in [-0.2, -0.15) is 0 Å². The van der Waals surface area contributed by atoms with E-state index in [4.69, 9.17) is 0 Å². The van der Waals surface area contributed by atoms with Crippen LogP contribution in [0.1, 0.15) is 0 Å². The molecule has 0 atom stereocenters. The quantitative estimate of drug-likeness (QED) is 0.148. The van der Waals surface area contributed by atoms with E-state index in [1.807, 2.05) is 11.3 Å². The Hall–Kier alpha value is -7.98. The molecule has 63 heavy (non-hydrogen) atoms. The first-order chi connectivity index (χ1) is 31.2. The molecule has 0 radical (unpaired) electrons. The minimum Gasteiger partial charge on any atom is -0.311 e. The number of para-hydroxylation sites is 2. The summed E-state index contributed by atoms with van der Waals surface area (Å²) in [5.41, 5.74) is 16.5. The topological polar surface area (TPSA) is 8.17 Å². The predicted octanol–water partition coefficient (Wildman–Crippen LogP) is 17.3. The van der Waals surface area contributed by atoms with E-state index in [9.17, 15) is 0 Å². The number of rotatable bonds is 8. The van der Waals surface area contributed by atoms with Crippen LogP contribution in [0.2, 0.25) is 0 Å². The lowest BCUT2D eigenvalue weighted by molar-refractivity contribution is 1.18. The Bertz CT molecular complexity index is 3510. The van der Waals surface area contributed by atoms with Gasteiger partial charge in [0.1, 0.15) is 0 Å². The molecule has 0 bridgehead atoms. The number of benzene rings is 10. The predicted molar refractivity (Wildman–Crippen MR) is 270 cm³/mol. The van der Waals surface area contributed by atoms with Gasteiger partial charge in [0.15, 0.2) is 0 Å². The summed E-state index contributed by atoms with van der Waals surface area (Å²) in [6.07, 6.45) is 0. The van der Waals surface area contributed by atoms with E-state index in [-0.39, 0.29) is 0 Å². The summed E-state index contributed by atoms with van der Waals surface area (Å²) in [5.74, 6) is 0. The van der Waals surface area contributed by atoms with E-state index >= 15 is 0 Å². The van der Waals surface area contributed by atoms with Crippen LogP contribution in [0.15, 0.2) is 243 Å². The Balaban J connectivity index is 0.887. The van der Waals surface area contributed by atoms with Crippen molar-refractivity contribution in [2.75, 3.05) is 4.90 Å². The maximum absolute atomic E-state index is 2.37. The van der Waals surface area contributed by atoms with Gasteiger partial charge >= 0.3 is 0 Å². The van der Waals surface area contributed by atoms with Gasteiger partial charge in [0.05, 0.1) is 11.0 Å². The summed E-state index contributed by atoms with van der Waals surface area (Å²) in [4.78, 5) is 2.36. The SMILES string of the molecule is c1ccc(-c2ccc(-c3ccc(N(c4ccc(-c5ccc(-n6c7ccccc7c7ccccc76)cc5)cc4)c4ccc(-c5cccc6c5sc5ccccc56)cc4)cc3)cc2)cc1. The zero-order chi connectivity index (χ0) is 41.7. The molecule has 3 heteroatoms. The summed E-state index contributed by atoms with van der Waals surface area (Å²) in [6.45, 7) is 0. The maximum Gasteiger partial charge on any atom is 0.0541 e. The van der Waals surface area contributed by atoms with Crippen LogP contribution in [0.4, 0.5) is 17.1 Å². The Morgan fingerprint density at radius 3 is 1.22 bits per heavy atom. The van der Waals surface area contributed by atoms with E-state index in [1.54, 1.807) is 0 Å². The molecule has 0 saturated carbocycles. The number of nitrogens with zero attached hydrogens (tertiary/aromatic N) is 2. The molecule has 0 fully saturated rings. The molecule has 2 heterocycles. The molecule has 0 amide bonds.